The van der Waals surface area contributed by atoms with E-state index in [0.29, 0.717) is 13.1 Å². The van der Waals surface area contributed by atoms with Gasteiger partial charge in [-0.15, -0.1) is 11.3 Å². The first-order valence-electron chi connectivity index (χ1n) is 6.42. The van der Waals surface area contributed by atoms with Gasteiger partial charge in [0.15, 0.2) is 0 Å². The Hall–Kier alpha value is -1.62. The summed E-state index contributed by atoms with van der Waals surface area (Å²) in [5, 5.41) is 4.93. The minimum Gasteiger partial charge on any atom is -0.351 e. The van der Waals surface area contributed by atoms with Gasteiger partial charge in [0.25, 0.3) is 0 Å². The molecule has 1 aliphatic rings. The van der Waals surface area contributed by atoms with E-state index >= 15 is 0 Å². The van der Waals surface area contributed by atoms with Crippen molar-refractivity contribution in [1.29, 1.82) is 0 Å². The summed E-state index contributed by atoms with van der Waals surface area (Å²) in [6.45, 7) is 5.28. The Morgan fingerprint density at radius 2 is 2.42 bits per heavy atom. The van der Waals surface area contributed by atoms with E-state index in [9.17, 15) is 9.59 Å². The molecule has 2 rings (SSSR count). The molecule has 1 saturated heterocycles. The number of hydrogen-bond donors (Lipinski definition) is 1. The molecule has 0 spiro atoms. The number of nitrogens with one attached hydrogen (secondary N) is 1. The van der Waals surface area contributed by atoms with Gasteiger partial charge in [0.05, 0.1) is 12.5 Å². The molecule has 2 amide bonds. The van der Waals surface area contributed by atoms with Crippen LogP contribution in [-0.2, 0) is 16.1 Å². The molecule has 0 radical (unpaired) electrons. The number of piperidine rings is 1. The van der Waals surface area contributed by atoms with E-state index in [2.05, 4.69) is 11.9 Å². The lowest BCUT2D eigenvalue weighted by atomic mass is 9.97. The number of rotatable bonds is 4. The largest absolute Gasteiger partial charge is 0.351 e. The zero-order valence-electron chi connectivity index (χ0n) is 10.8. The number of amides is 2. The van der Waals surface area contributed by atoms with Crippen LogP contribution in [0.5, 0.6) is 0 Å². The van der Waals surface area contributed by atoms with E-state index in [1.807, 2.05) is 17.5 Å². The van der Waals surface area contributed by atoms with Gasteiger partial charge in [-0.1, -0.05) is 12.6 Å². The second-order valence-corrected chi connectivity index (χ2v) is 5.66. The van der Waals surface area contributed by atoms with Crippen molar-refractivity contribution in [3.63, 3.8) is 0 Å². The minimum atomic E-state index is -0.0994. The SMILES string of the molecule is C=CC(=O)N1CCCC(C(=O)NCc2cccs2)C1. The highest BCUT2D eigenvalue weighted by Crippen LogP contribution is 2.17. The molecule has 1 fully saturated rings. The highest BCUT2D eigenvalue weighted by atomic mass is 32.1. The van der Waals surface area contributed by atoms with Gasteiger partial charge in [-0.2, -0.15) is 0 Å². The van der Waals surface area contributed by atoms with E-state index in [1.54, 1.807) is 16.2 Å². The lowest BCUT2D eigenvalue weighted by molar-refractivity contribution is -0.132. The summed E-state index contributed by atoms with van der Waals surface area (Å²) in [5.41, 5.74) is 0. The molecule has 0 saturated carbocycles. The van der Waals surface area contributed by atoms with Crippen LogP contribution in [0.2, 0.25) is 0 Å². The number of likely N-dealkylation sites (tertiary alicyclic amines) is 1. The first kappa shape index (κ1) is 13.8. The van der Waals surface area contributed by atoms with Crippen molar-refractivity contribution >= 4 is 23.2 Å². The molecule has 1 unspecified atom stereocenters. The predicted octanol–water partition coefficient (Wildman–Crippen LogP) is 1.79. The van der Waals surface area contributed by atoms with Crippen LogP contribution in [0.1, 0.15) is 17.7 Å². The number of thiophene rings is 1. The fourth-order valence-electron chi connectivity index (χ4n) is 2.25. The molecule has 1 aromatic rings. The molecule has 5 heteroatoms. The summed E-state index contributed by atoms with van der Waals surface area (Å²) >= 11 is 1.63. The smallest absolute Gasteiger partial charge is 0.245 e. The molecular formula is C14H18N2O2S. The molecule has 4 nitrogen and oxygen atoms in total. The third kappa shape index (κ3) is 3.67. The third-order valence-corrected chi connectivity index (χ3v) is 4.17. The van der Waals surface area contributed by atoms with Crippen LogP contribution in [0.25, 0.3) is 0 Å². The normalized spacial score (nSPS) is 18.9. The van der Waals surface area contributed by atoms with E-state index in [0.717, 1.165) is 24.3 Å². The second-order valence-electron chi connectivity index (χ2n) is 4.62. The van der Waals surface area contributed by atoms with Crippen LogP contribution in [0, 0.1) is 5.92 Å². The number of carbonyl (C=O) groups excluding carboxylic acids is 2. The maximum Gasteiger partial charge on any atom is 0.245 e. The summed E-state index contributed by atoms with van der Waals surface area (Å²) < 4.78 is 0. The van der Waals surface area contributed by atoms with Crippen LogP contribution in [-0.4, -0.2) is 29.8 Å². The summed E-state index contributed by atoms with van der Waals surface area (Å²) in [6, 6.07) is 3.97. The van der Waals surface area contributed by atoms with E-state index in [1.165, 1.54) is 6.08 Å². The highest BCUT2D eigenvalue weighted by molar-refractivity contribution is 7.09. The molecule has 0 bridgehead atoms. The Balaban J connectivity index is 1.84. The fraction of sp³-hybridized carbons (Fsp3) is 0.429. The molecule has 0 aliphatic carbocycles. The van der Waals surface area contributed by atoms with Crippen LogP contribution in [0.15, 0.2) is 30.2 Å². The maximum absolute atomic E-state index is 12.1. The minimum absolute atomic E-state index is 0.0370. The lowest BCUT2D eigenvalue weighted by Gasteiger charge is -2.31. The molecule has 19 heavy (non-hydrogen) atoms. The van der Waals surface area contributed by atoms with Gasteiger partial charge < -0.3 is 10.2 Å². The topological polar surface area (TPSA) is 49.4 Å². The van der Waals surface area contributed by atoms with Crippen molar-refractivity contribution in [2.45, 2.75) is 19.4 Å². The van der Waals surface area contributed by atoms with Crippen LogP contribution in [0.3, 0.4) is 0 Å². The average Bonchev–Trinajstić information content (AvgIpc) is 2.97. The van der Waals surface area contributed by atoms with Crippen molar-refractivity contribution in [3.05, 3.63) is 35.0 Å². The van der Waals surface area contributed by atoms with Crippen molar-refractivity contribution in [3.8, 4) is 0 Å². The highest BCUT2D eigenvalue weighted by Gasteiger charge is 2.27. The Labute approximate surface area is 117 Å². The maximum atomic E-state index is 12.1. The van der Waals surface area contributed by atoms with Gasteiger partial charge in [0.2, 0.25) is 11.8 Å². The Morgan fingerprint density at radius 1 is 1.58 bits per heavy atom. The van der Waals surface area contributed by atoms with Crippen LogP contribution >= 0.6 is 11.3 Å². The van der Waals surface area contributed by atoms with Gasteiger partial charge in [0.1, 0.15) is 0 Å². The van der Waals surface area contributed by atoms with Crippen molar-refractivity contribution < 1.29 is 9.59 Å². The van der Waals surface area contributed by atoms with Crippen LogP contribution < -0.4 is 5.32 Å². The van der Waals surface area contributed by atoms with Gasteiger partial charge in [0, 0.05) is 18.0 Å². The Bertz CT molecular complexity index is 456. The first-order valence-corrected chi connectivity index (χ1v) is 7.30. The van der Waals surface area contributed by atoms with Gasteiger partial charge in [-0.25, -0.2) is 0 Å². The zero-order valence-corrected chi connectivity index (χ0v) is 11.6. The fourth-order valence-corrected chi connectivity index (χ4v) is 2.90. The first-order chi connectivity index (χ1) is 9.20. The van der Waals surface area contributed by atoms with Gasteiger partial charge >= 0.3 is 0 Å². The third-order valence-electron chi connectivity index (χ3n) is 3.30. The summed E-state index contributed by atoms with van der Waals surface area (Å²) in [7, 11) is 0. The molecule has 1 N–H and O–H groups in total. The van der Waals surface area contributed by atoms with E-state index in [4.69, 9.17) is 0 Å². The number of carbonyl (C=O) groups is 2. The standard InChI is InChI=1S/C14H18N2O2S/c1-2-13(17)16-7-3-5-11(10-16)14(18)15-9-12-6-4-8-19-12/h2,4,6,8,11H,1,3,5,7,9-10H2,(H,15,18). The Morgan fingerprint density at radius 3 is 3.11 bits per heavy atom. The Kier molecular flexibility index (Phi) is 4.74. The van der Waals surface area contributed by atoms with Crippen molar-refractivity contribution in [2.75, 3.05) is 13.1 Å². The predicted molar refractivity (Wildman–Crippen MR) is 75.7 cm³/mol. The average molecular weight is 278 g/mol. The summed E-state index contributed by atoms with van der Waals surface area (Å²) in [6.07, 6.45) is 3.03. The molecule has 2 heterocycles. The zero-order chi connectivity index (χ0) is 13.7. The van der Waals surface area contributed by atoms with Crippen LogP contribution in [0.4, 0.5) is 0 Å². The quantitative estimate of drug-likeness (QED) is 0.854. The molecular weight excluding hydrogens is 260 g/mol. The molecule has 1 atom stereocenters. The summed E-state index contributed by atoms with van der Waals surface area (Å²) in [5.74, 6) is -0.150. The summed E-state index contributed by atoms with van der Waals surface area (Å²) in [4.78, 5) is 26.5. The van der Waals surface area contributed by atoms with E-state index < -0.39 is 0 Å². The second kappa shape index (κ2) is 6.52. The lowest BCUT2D eigenvalue weighted by Crippen LogP contribution is -2.44. The molecule has 1 aromatic heterocycles. The van der Waals surface area contributed by atoms with Crippen molar-refractivity contribution in [1.82, 2.24) is 10.2 Å². The van der Waals surface area contributed by atoms with Gasteiger partial charge in [-0.05, 0) is 30.4 Å². The van der Waals surface area contributed by atoms with Gasteiger partial charge in [-0.3, -0.25) is 9.59 Å². The molecule has 1 aliphatic heterocycles. The van der Waals surface area contributed by atoms with Crippen molar-refractivity contribution in [2.24, 2.45) is 5.92 Å². The number of nitrogens with zero attached hydrogens (tertiary/aromatic N) is 1. The van der Waals surface area contributed by atoms with E-state index in [-0.39, 0.29) is 17.7 Å². The number of hydrogen-bond acceptors (Lipinski definition) is 3. The molecule has 102 valence electrons. The monoisotopic (exact) mass is 278 g/mol. The molecule has 0 aromatic carbocycles.